The molecule has 118 valence electrons. The van der Waals surface area contributed by atoms with Gasteiger partial charge in [-0.3, -0.25) is 0 Å². The summed E-state index contributed by atoms with van der Waals surface area (Å²) < 4.78 is 0. The summed E-state index contributed by atoms with van der Waals surface area (Å²) in [6.45, 7) is 8.55. The highest BCUT2D eigenvalue weighted by atomic mass is 16.2. The number of nitrogens with one attached hydrogen (secondary N) is 1. The zero-order valence-electron chi connectivity index (χ0n) is 13.6. The number of carbonyl (C=O) groups excluding carboxylic acids is 1. The lowest BCUT2D eigenvalue weighted by Gasteiger charge is -2.47. The second kappa shape index (κ2) is 8.50. The van der Waals surface area contributed by atoms with E-state index in [1.54, 1.807) is 0 Å². The molecular formula is C16H33N3O. The van der Waals surface area contributed by atoms with Crippen molar-refractivity contribution in [3.8, 4) is 0 Å². The van der Waals surface area contributed by atoms with Crippen molar-refractivity contribution in [2.24, 2.45) is 11.7 Å². The number of amides is 2. The summed E-state index contributed by atoms with van der Waals surface area (Å²) in [5.41, 5.74) is 5.96. The largest absolute Gasteiger partial charge is 0.338 e. The molecule has 0 aromatic rings. The number of nitrogens with zero attached hydrogens (tertiary/aromatic N) is 1. The Bertz CT molecular complexity index is 285. The standard InChI is InChI=1S/C16H33N3O/c1-4-7-12-18-15(20)19(6-3)16(13-17)10-8-14(5-2)9-11-16/h14H,4-13,17H2,1-3H3,(H,18,20). The third-order valence-electron chi connectivity index (χ3n) is 4.93. The lowest BCUT2D eigenvalue weighted by molar-refractivity contribution is 0.0715. The third-order valence-corrected chi connectivity index (χ3v) is 4.93. The van der Waals surface area contributed by atoms with E-state index in [1.165, 1.54) is 19.3 Å². The third kappa shape index (κ3) is 4.11. The Labute approximate surface area is 124 Å². The van der Waals surface area contributed by atoms with Gasteiger partial charge >= 0.3 is 6.03 Å². The van der Waals surface area contributed by atoms with Crippen LogP contribution >= 0.6 is 0 Å². The van der Waals surface area contributed by atoms with Crippen LogP contribution in [0.25, 0.3) is 0 Å². The highest BCUT2D eigenvalue weighted by Crippen LogP contribution is 2.37. The molecule has 0 bridgehead atoms. The molecular weight excluding hydrogens is 250 g/mol. The van der Waals surface area contributed by atoms with Crippen molar-refractivity contribution in [2.45, 2.75) is 71.3 Å². The second-order valence-corrected chi connectivity index (χ2v) is 6.11. The lowest BCUT2D eigenvalue weighted by Crippen LogP contribution is -2.60. The van der Waals surface area contributed by atoms with Crippen LogP contribution in [0.1, 0.15) is 65.7 Å². The highest BCUT2D eigenvalue weighted by molar-refractivity contribution is 5.75. The zero-order valence-corrected chi connectivity index (χ0v) is 13.6. The van der Waals surface area contributed by atoms with E-state index in [9.17, 15) is 4.79 Å². The summed E-state index contributed by atoms with van der Waals surface area (Å²) in [6, 6.07) is 0.0707. The van der Waals surface area contributed by atoms with Gasteiger partial charge in [0.05, 0.1) is 5.54 Å². The number of urea groups is 1. The summed E-state index contributed by atoms with van der Waals surface area (Å²) >= 11 is 0. The number of hydrogen-bond acceptors (Lipinski definition) is 2. The average molecular weight is 283 g/mol. The maximum absolute atomic E-state index is 12.4. The van der Waals surface area contributed by atoms with Crippen LogP contribution in [0.15, 0.2) is 0 Å². The fraction of sp³-hybridized carbons (Fsp3) is 0.938. The van der Waals surface area contributed by atoms with E-state index in [0.29, 0.717) is 6.54 Å². The van der Waals surface area contributed by atoms with Crippen LogP contribution in [0.2, 0.25) is 0 Å². The second-order valence-electron chi connectivity index (χ2n) is 6.11. The Kier molecular flexibility index (Phi) is 7.35. The molecule has 0 aromatic carbocycles. The summed E-state index contributed by atoms with van der Waals surface area (Å²) in [7, 11) is 0. The van der Waals surface area contributed by atoms with Crippen LogP contribution in [0.3, 0.4) is 0 Å². The Morgan fingerprint density at radius 1 is 1.30 bits per heavy atom. The van der Waals surface area contributed by atoms with Crippen LogP contribution < -0.4 is 11.1 Å². The first-order valence-corrected chi connectivity index (χ1v) is 8.39. The van der Waals surface area contributed by atoms with E-state index < -0.39 is 0 Å². The monoisotopic (exact) mass is 283 g/mol. The van der Waals surface area contributed by atoms with Gasteiger partial charge in [-0.2, -0.15) is 0 Å². The number of rotatable bonds is 7. The van der Waals surface area contributed by atoms with Gasteiger partial charge in [-0.05, 0) is 44.9 Å². The topological polar surface area (TPSA) is 58.4 Å². The normalized spacial score (nSPS) is 26.3. The maximum Gasteiger partial charge on any atom is 0.317 e. The van der Waals surface area contributed by atoms with Gasteiger partial charge < -0.3 is 16.0 Å². The summed E-state index contributed by atoms with van der Waals surface area (Å²) in [4.78, 5) is 14.4. The van der Waals surface area contributed by atoms with E-state index in [2.05, 4.69) is 26.1 Å². The number of likely N-dealkylation sites (N-methyl/N-ethyl adjacent to an activating group) is 1. The molecule has 20 heavy (non-hydrogen) atoms. The van der Waals surface area contributed by atoms with Crippen molar-refractivity contribution in [3.05, 3.63) is 0 Å². The predicted octanol–water partition coefficient (Wildman–Crippen LogP) is 3.12. The molecule has 1 aliphatic rings. The lowest BCUT2D eigenvalue weighted by atomic mass is 9.74. The molecule has 4 nitrogen and oxygen atoms in total. The smallest absolute Gasteiger partial charge is 0.317 e. The van der Waals surface area contributed by atoms with Gasteiger partial charge in [0.15, 0.2) is 0 Å². The molecule has 0 radical (unpaired) electrons. The molecule has 0 unspecified atom stereocenters. The molecule has 0 aromatic heterocycles. The first-order valence-electron chi connectivity index (χ1n) is 8.39. The molecule has 1 aliphatic carbocycles. The number of unbranched alkanes of at least 4 members (excludes halogenated alkanes) is 1. The molecule has 3 N–H and O–H groups in total. The van der Waals surface area contributed by atoms with Gasteiger partial charge in [0.25, 0.3) is 0 Å². The Balaban J connectivity index is 2.66. The van der Waals surface area contributed by atoms with Crippen molar-refractivity contribution in [3.63, 3.8) is 0 Å². The van der Waals surface area contributed by atoms with Crippen LogP contribution in [0.5, 0.6) is 0 Å². The highest BCUT2D eigenvalue weighted by Gasteiger charge is 2.40. The van der Waals surface area contributed by atoms with Crippen molar-refractivity contribution < 1.29 is 4.79 Å². The Morgan fingerprint density at radius 3 is 2.40 bits per heavy atom. The molecule has 4 heteroatoms. The molecule has 0 atom stereocenters. The van der Waals surface area contributed by atoms with Crippen LogP contribution in [0, 0.1) is 5.92 Å². The Hall–Kier alpha value is -0.770. The first-order chi connectivity index (χ1) is 9.63. The molecule has 0 heterocycles. The van der Waals surface area contributed by atoms with Crippen molar-refractivity contribution in [1.29, 1.82) is 0 Å². The van der Waals surface area contributed by atoms with Gasteiger partial charge in [-0.25, -0.2) is 4.79 Å². The van der Waals surface area contributed by atoms with Gasteiger partial charge in [-0.1, -0.05) is 26.7 Å². The molecule has 0 aliphatic heterocycles. The van der Waals surface area contributed by atoms with Crippen LogP contribution in [-0.2, 0) is 0 Å². The van der Waals surface area contributed by atoms with Crippen LogP contribution in [-0.4, -0.2) is 36.1 Å². The van der Waals surface area contributed by atoms with E-state index in [1.807, 2.05) is 4.90 Å². The van der Waals surface area contributed by atoms with Gasteiger partial charge in [-0.15, -0.1) is 0 Å². The van der Waals surface area contributed by atoms with E-state index in [-0.39, 0.29) is 11.6 Å². The first kappa shape index (κ1) is 17.3. The van der Waals surface area contributed by atoms with Crippen molar-refractivity contribution in [2.75, 3.05) is 19.6 Å². The maximum atomic E-state index is 12.4. The minimum atomic E-state index is -0.114. The SMILES string of the molecule is CCCCNC(=O)N(CC)C1(CN)CCC(CC)CC1. The Morgan fingerprint density at radius 2 is 1.95 bits per heavy atom. The summed E-state index contributed by atoms with van der Waals surface area (Å²) in [5, 5.41) is 3.05. The predicted molar refractivity (Wildman–Crippen MR) is 84.7 cm³/mol. The molecule has 1 rings (SSSR count). The molecule has 0 spiro atoms. The quantitative estimate of drug-likeness (QED) is 0.705. The van der Waals surface area contributed by atoms with Gasteiger partial charge in [0.2, 0.25) is 0 Å². The molecule has 0 saturated heterocycles. The molecule has 1 saturated carbocycles. The fourth-order valence-electron chi connectivity index (χ4n) is 3.37. The van der Waals surface area contributed by atoms with Crippen molar-refractivity contribution >= 4 is 6.03 Å². The fourth-order valence-corrected chi connectivity index (χ4v) is 3.37. The van der Waals surface area contributed by atoms with E-state index in [0.717, 1.165) is 44.7 Å². The van der Waals surface area contributed by atoms with Gasteiger partial charge in [0, 0.05) is 19.6 Å². The minimum Gasteiger partial charge on any atom is -0.338 e. The number of nitrogens with two attached hydrogens (primary N) is 1. The number of carbonyl (C=O) groups is 1. The molecule has 1 fully saturated rings. The summed E-state index contributed by atoms with van der Waals surface area (Å²) in [6.07, 6.45) is 7.89. The van der Waals surface area contributed by atoms with E-state index >= 15 is 0 Å². The molecule has 2 amide bonds. The number of hydrogen-bond donors (Lipinski definition) is 2. The minimum absolute atomic E-state index is 0.0707. The van der Waals surface area contributed by atoms with E-state index in [4.69, 9.17) is 5.73 Å². The zero-order chi connectivity index (χ0) is 15.0. The van der Waals surface area contributed by atoms with Crippen molar-refractivity contribution in [1.82, 2.24) is 10.2 Å². The summed E-state index contributed by atoms with van der Waals surface area (Å²) in [5.74, 6) is 0.816. The van der Waals surface area contributed by atoms with Gasteiger partial charge in [0.1, 0.15) is 0 Å². The average Bonchev–Trinajstić information content (AvgIpc) is 2.49. The van der Waals surface area contributed by atoms with Crippen LogP contribution in [0.4, 0.5) is 4.79 Å².